The molecule has 1 saturated heterocycles. The van der Waals surface area contributed by atoms with Crippen LogP contribution in [0.1, 0.15) is 33.7 Å². The van der Waals surface area contributed by atoms with E-state index in [0.29, 0.717) is 16.3 Å². The zero-order valence-electron chi connectivity index (χ0n) is 26.1. The maximum Gasteiger partial charge on any atom is 0.512 e. The number of nitrogen functional groups attached to an aromatic ring is 1. The van der Waals surface area contributed by atoms with Crippen LogP contribution in [-0.4, -0.2) is 114 Å². The number of anilines is 1. The number of thioether (sulfide) groups is 2. The first-order valence-corrected chi connectivity index (χ1v) is 17.3. The van der Waals surface area contributed by atoms with Gasteiger partial charge in [0.05, 0.1) is 0 Å². The van der Waals surface area contributed by atoms with E-state index in [0.717, 1.165) is 46.2 Å². The number of aryl methyl sites for hydroxylation is 1. The van der Waals surface area contributed by atoms with Gasteiger partial charge in [0.2, 0.25) is 12.0 Å². The maximum atomic E-state index is 13.6. The van der Waals surface area contributed by atoms with Crippen molar-refractivity contribution in [3.05, 3.63) is 63.9 Å². The third-order valence-corrected chi connectivity index (χ3v) is 10.3. The quantitative estimate of drug-likeness (QED) is 0.0202. The number of aromatic carboxylic acids is 1. The molecule has 3 atom stereocenters. The largest absolute Gasteiger partial charge is 0.512 e. The van der Waals surface area contributed by atoms with Crippen LogP contribution in [0.2, 0.25) is 0 Å². The number of rotatable bonds is 12. The molecule has 2 amide bonds. The summed E-state index contributed by atoms with van der Waals surface area (Å²) < 4.78 is 6.27. The molecule has 6 rings (SSSR count). The third kappa shape index (κ3) is 7.06. The van der Waals surface area contributed by atoms with E-state index in [1.165, 1.54) is 21.7 Å². The number of nitrogens with zero attached hydrogens (tertiary/aromatic N) is 7. The number of aliphatic carboxylic acids is 1. The van der Waals surface area contributed by atoms with Crippen LogP contribution in [0.5, 0.6) is 11.5 Å². The minimum absolute atomic E-state index is 0.0299. The number of benzene rings is 1. The minimum atomic E-state index is -1.85. The summed E-state index contributed by atoms with van der Waals surface area (Å²) in [7, 11) is 0. The Morgan fingerprint density at radius 1 is 1.13 bits per heavy atom. The van der Waals surface area contributed by atoms with Gasteiger partial charge in [-0.1, -0.05) is 11.2 Å². The molecule has 2 aliphatic rings. The lowest BCUT2D eigenvalue weighted by Gasteiger charge is -2.49. The fourth-order valence-corrected chi connectivity index (χ4v) is 7.93. The molecule has 0 radical (unpaired) electrons. The average Bonchev–Trinajstić information content (AvgIpc) is 3.72. The van der Waals surface area contributed by atoms with Crippen LogP contribution in [-0.2, 0) is 24.0 Å². The molecule has 0 spiro atoms. The second-order valence-electron chi connectivity index (χ2n) is 10.7. The van der Waals surface area contributed by atoms with Crippen molar-refractivity contribution in [2.24, 2.45) is 5.16 Å². The predicted octanol–water partition coefficient (Wildman–Crippen LogP) is 1.23. The van der Waals surface area contributed by atoms with Crippen molar-refractivity contribution in [2.45, 2.75) is 29.5 Å². The number of nitrogens with one attached hydrogen (secondary N) is 1. The molecule has 24 heteroatoms. The van der Waals surface area contributed by atoms with Gasteiger partial charge in [-0.15, -0.1) is 40.0 Å². The monoisotopic (exact) mass is 773 g/mol. The fraction of sp³-hybridized carbons (Fsp3) is 0.214. The van der Waals surface area contributed by atoms with E-state index in [2.05, 4.69) is 30.5 Å². The summed E-state index contributed by atoms with van der Waals surface area (Å²) in [6.07, 6.45) is -3.55. The smallest absolute Gasteiger partial charge is 0.504 e. The van der Waals surface area contributed by atoms with Crippen molar-refractivity contribution in [1.82, 2.24) is 34.8 Å². The molecule has 270 valence electrons. The van der Waals surface area contributed by atoms with Crippen molar-refractivity contribution in [2.75, 3.05) is 17.2 Å². The van der Waals surface area contributed by atoms with Crippen LogP contribution in [0.25, 0.3) is 5.78 Å². The number of fused-ring (bicyclic) bond motifs is 2. The summed E-state index contributed by atoms with van der Waals surface area (Å²) in [5.74, 6) is -6.29. The first-order valence-electron chi connectivity index (χ1n) is 14.4. The van der Waals surface area contributed by atoms with Gasteiger partial charge < -0.3 is 46.2 Å². The standard InChI is InChI=1S/C28H23N9O12S3/c1-9-4-15(37-27(30-9)33-19(34-37)25(44)45)50-6-11-7-51-23-17(21(41)36(23)22(11)48-28(46)47)32-20(40)16(12-8-52-26(29)31-12)35-49-18(24(42)43)10-2-3-13(38)14(39)5-10/h2-5,8,17-18,23,38-39H,6-7H2,1H3,(H2,29,31)(H,32,40)(H,42,43)(H,44,45)(H,46,47)/b35-16-/t17-,18+,23-/m1/s1. The van der Waals surface area contributed by atoms with Gasteiger partial charge in [0.15, 0.2) is 22.3 Å². The first kappa shape index (κ1) is 35.7. The molecular formula is C28H23N9O12S3. The number of aromatic hydroxyl groups is 2. The van der Waals surface area contributed by atoms with Crippen LogP contribution in [0, 0.1) is 6.92 Å². The van der Waals surface area contributed by atoms with Crippen LogP contribution in [0.4, 0.5) is 9.93 Å². The lowest BCUT2D eigenvalue weighted by molar-refractivity contribution is -0.151. The highest BCUT2D eigenvalue weighted by Crippen LogP contribution is 2.42. The normalized spacial score (nSPS) is 17.7. The van der Waals surface area contributed by atoms with E-state index >= 15 is 0 Å². The number of carbonyl (C=O) groups is 5. The predicted molar refractivity (Wildman–Crippen MR) is 179 cm³/mol. The number of oxime groups is 1. The molecule has 2 aliphatic heterocycles. The Bertz CT molecular complexity index is 2220. The highest BCUT2D eigenvalue weighted by atomic mass is 32.2. The second kappa shape index (κ2) is 14.2. The van der Waals surface area contributed by atoms with Crippen molar-refractivity contribution in [1.29, 1.82) is 0 Å². The van der Waals surface area contributed by atoms with Crippen LogP contribution in [0.15, 0.2) is 51.3 Å². The Morgan fingerprint density at radius 2 is 1.90 bits per heavy atom. The summed E-state index contributed by atoms with van der Waals surface area (Å²) in [6, 6.07) is 3.53. The van der Waals surface area contributed by atoms with E-state index in [1.807, 2.05) is 0 Å². The molecule has 3 aromatic heterocycles. The van der Waals surface area contributed by atoms with E-state index in [9.17, 15) is 49.5 Å². The number of thiazole rings is 1. The van der Waals surface area contributed by atoms with Gasteiger partial charge in [-0.3, -0.25) is 14.5 Å². The van der Waals surface area contributed by atoms with Gasteiger partial charge in [0.1, 0.15) is 22.1 Å². The summed E-state index contributed by atoms with van der Waals surface area (Å²) in [5, 5.41) is 59.1. The number of amides is 2. The van der Waals surface area contributed by atoms with E-state index in [4.69, 9.17) is 15.3 Å². The van der Waals surface area contributed by atoms with Gasteiger partial charge in [0.25, 0.3) is 23.4 Å². The Kier molecular flexibility index (Phi) is 9.77. The van der Waals surface area contributed by atoms with E-state index < -0.39 is 70.5 Å². The number of carbonyl (C=O) groups excluding carboxylic acids is 2. The molecule has 0 aliphatic carbocycles. The van der Waals surface area contributed by atoms with Gasteiger partial charge >= 0.3 is 18.1 Å². The molecule has 8 N–H and O–H groups in total. The Hall–Kier alpha value is -6.14. The number of phenolic OH excluding ortho intramolecular Hbond substituents is 2. The molecule has 21 nitrogen and oxygen atoms in total. The number of carboxylic acid groups (broad SMARTS) is 3. The number of ether oxygens (including phenoxy) is 1. The van der Waals surface area contributed by atoms with Crippen molar-refractivity contribution in [3.8, 4) is 11.5 Å². The SMILES string of the molecule is Cc1cc(SCC2=C(OC(=O)O)N3C(=O)[C@@H](NC(=O)/C(=N\O[C@H](C(=O)O)c4ccc(O)c(O)c4)c4csc(N)n4)[C@H]3SC2)n2nc(C(=O)O)nc2n1. The second-order valence-corrected chi connectivity index (χ2v) is 13.7. The zero-order valence-corrected chi connectivity index (χ0v) is 28.5. The van der Waals surface area contributed by atoms with Crippen LogP contribution >= 0.6 is 34.9 Å². The van der Waals surface area contributed by atoms with Crippen molar-refractivity contribution in [3.63, 3.8) is 0 Å². The summed E-state index contributed by atoms with van der Waals surface area (Å²) >= 11 is 3.26. The van der Waals surface area contributed by atoms with Crippen LogP contribution in [0.3, 0.4) is 0 Å². The maximum absolute atomic E-state index is 13.6. The first-order chi connectivity index (χ1) is 24.7. The molecule has 0 saturated carbocycles. The molecule has 1 aromatic carbocycles. The van der Waals surface area contributed by atoms with E-state index in [1.54, 1.807) is 13.0 Å². The molecular weight excluding hydrogens is 751 g/mol. The summed E-state index contributed by atoms with van der Waals surface area (Å²) in [4.78, 5) is 80.5. The topological polar surface area (TPSA) is 315 Å². The van der Waals surface area contributed by atoms with Gasteiger partial charge in [0, 0.05) is 33.7 Å². The number of nitrogens with two attached hydrogens (primary N) is 1. The number of carboxylic acids is 2. The number of β-lactam (4-membered cyclic amide) rings is 1. The Labute approximate surface area is 301 Å². The summed E-state index contributed by atoms with van der Waals surface area (Å²) in [6.45, 7) is 1.67. The lowest BCUT2D eigenvalue weighted by atomic mass is 10.1. The molecule has 0 unspecified atom stereocenters. The Balaban J connectivity index is 1.22. The number of aromatic nitrogens is 5. The number of hydrogen-bond donors (Lipinski definition) is 7. The van der Waals surface area contributed by atoms with Crippen molar-refractivity contribution < 1.29 is 59.1 Å². The summed E-state index contributed by atoms with van der Waals surface area (Å²) in [5.41, 5.74) is 5.84. The molecule has 1 fully saturated rings. The molecule has 52 heavy (non-hydrogen) atoms. The van der Waals surface area contributed by atoms with Crippen molar-refractivity contribution >= 4 is 81.4 Å². The zero-order chi connectivity index (χ0) is 37.4. The minimum Gasteiger partial charge on any atom is -0.504 e. The Morgan fingerprint density at radius 3 is 2.56 bits per heavy atom. The lowest BCUT2D eigenvalue weighted by Crippen LogP contribution is -2.70. The number of hydrogen-bond acceptors (Lipinski definition) is 18. The highest BCUT2D eigenvalue weighted by molar-refractivity contribution is 8.01. The van der Waals surface area contributed by atoms with Gasteiger partial charge in [-0.2, -0.15) is 9.50 Å². The van der Waals surface area contributed by atoms with Gasteiger partial charge in [-0.05, 0) is 25.1 Å². The fourth-order valence-electron chi connectivity index (χ4n) is 4.89. The van der Waals surface area contributed by atoms with Gasteiger partial charge in [-0.25, -0.2) is 24.4 Å². The molecule has 4 aromatic rings. The van der Waals surface area contributed by atoms with Crippen LogP contribution < -0.4 is 11.1 Å². The highest BCUT2D eigenvalue weighted by Gasteiger charge is 2.54. The average molecular weight is 774 g/mol. The third-order valence-electron chi connectivity index (χ3n) is 7.21. The molecule has 0 bridgehead atoms. The van der Waals surface area contributed by atoms with E-state index in [-0.39, 0.29) is 39.6 Å². The molecule has 5 heterocycles. The number of phenols is 2.